The van der Waals surface area contributed by atoms with E-state index in [9.17, 15) is 13.6 Å². The fraction of sp³-hybridized carbons (Fsp3) is 0.125. The fourth-order valence-corrected chi connectivity index (χ4v) is 1.44. The molecule has 1 rings (SSSR count). The van der Waals surface area contributed by atoms with Gasteiger partial charge in [-0.25, -0.2) is 4.79 Å². The van der Waals surface area contributed by atoms with E-state index < -0.39 is 6.61 Å². The molecule has 0 heterocycles. The summed E-state index contributed by atoms with van der Waals surface area (Å²) in [6.45, 7) is -3.03. The first-order valence-corrected chi connectivity index (χ1v) is 4.74. The lowest BCUT2D eigenvalue weighted by Gasteiger charge is -2.09. The summed E-state index contributed by atoms with van der Waals surface area (Å²) >= 11 is 8.61. The molecule has 0 atom stereocenters. The Bertz CT molecular complexity index is 421. The molecular formula is C8H3BrClF2NO2. The zero-order valence-electron chi connectivity index (χ0n) is 7.01. The van der Waals surface area contributed by atoms with Gasteiger partial charge in [-0.3, -0.25) is 0 Å². The van der Waals surface area contributed by atoms with Gasteiger partial charge in [-0.15, -0.1) is 0 Å². The molecule has 0 unspecified atom stereocenters. The molecule has 0 bridgehead atoms. The van der Waals surface area contributed by atoms with Gasteiger partial charge in [0.1, 0.15) is 5.69 Å². The van der Waals surface area contributed by atoms with Crippen LogP contribution in [0.5, 0.6) is 5.75 Å². The van der Waals surface area contributed by atoms with E-state index in [2.05, 4.69) is 25.7 Å². The molecule has 0 aliphatic carbocycles. The first-order chi connectivity index (χ1) is 7.06. The number of hydrogen-bond donors (Lipinski definition) is 0. The van der Waals surface area contributed by atoms with Crippen molar-refractivity contribution in [3.8, 4) is 5.75 Å². The lowest BCUT2D eigenvalue weighted by molar-refractivity contribution is -0.0499. The van der Waals surface area contributed by atoms with Crippen LogP contribution < -0.4 is 4.74 Å². The van der Waals surface area contributed by atoms with Gasteiger partial charge in [-0.2, -0.15) is 13.8 Å². The van der Waals surface area contributed by atoms with Crippen molar-refractivity contribution in [1.29, 1.82) is 0 Å². The highest BCUT2D eigenvalue weighted by Gasteiger charge is 2.15. The predicted octanol–water partition coefficient (Wildman–Crippen LogP) is 3.67. The Hall–Kier alpha value is -0.970. The number of halogens is 4. The second-order valence-corrected chi connectivity index (χ2v) is 3.49. The highest BCUT2D eigenvalue weighted by atomic mass is 79.9. The van der Waals surface area contributed by atoms with Crippen LogP contribution in [-0.4, -0.2) is 12.7 Å². The molecule has 15 heavy (non-hydrogen) atoms. The average Bonchev–Trinajstić information content (AvgIpc) is 2.17. The standard InChI is InChI=1S/C8H3BrClF2NO2/c9-6-4(10)1-2-5(13-3-14)7(6)15-8(11)12/h1-2,8H. The molecule has 0 aromatic heterocycles. The van der Waals surface area contributed by atoms with E-state index in [1.54, 1.807) is 0 Å². The Morgan fingerprint density at radius 2 is 2.20 bits per heavy atom. The highest BCUT2D eigenvalue weighted by Crippen LogP contribution is 2.40. The van der Waals surface area contributed by atoms with E-state index in [-0.39, 0.29) is 20.9 Å². The molecule has 0 N–H and O–H groups in total. The number of alkyl halides is 2. The van der Waals surface area contributed by atoms with Crippen LogP contribution in [0.15, 0.2) is 21.6 Å². The number of benzene rings is 1. The summed E-state index contributed by atoms with van der Waals surface area (Å²) in [5.74, 6) is -0.291. The maximum atomic E-state index is 12.0. The van der Waals surface area contributed by atoms with Crippen LogP contribution in [0.4, 0.5) is 14.5 Å². The lowest BCUT2D eigenvalue weighted by atomic mass is 10.3. The average molecular weight is 298 g/mol. The number of isocyanates is 1. The second kappa shape index (κ2) is 5.21. The molecule has 0 saturated carbocycles. The zero-order valence-corrected chi connectivity index (χ0v) is 9.35. The van der Waals surface area contributed by atoms with E-state index >= 15 is 0 Å². The van der Waals surface area contributed by atoms with E-state index in [1.165, 1.54) is 18.2 Å². The maximum absolute atomic E-state index is 12.0. The summed E-state index contributed by atoms with van der Waals surface area (Å²) in [5.41, 5.74) is -0.0680. The Balaban J connectivity index is 3.27. The Labute approximate surface area is 96.8 Å². The third-order valence-corrected chi connectivity index (χ3v) is 2.73. The van der Waals surface area contributed by atoms with Gasteiger partial charge in [0.05, 0.1) is 9.50 Å². The molecule has 80 valence electrons. The van der Waals surface area contributed by atoms with Crippen LogP contribution in [0.25, 0.3) is 0 Å². The minimum absolute atomic E-state index is 0.0680. The van der Waals surface area contributed by atoms with Crippen LogP contribution in [0.2, 0.25) is 5.02 Å². The normalized spacial score (nSPS) is 9.93. The number of ether oxygens (including phenoxy) is 1. The monoisotopic (exact) mass is 297 g/mol. The van der Waals surface area contributed by atoms with Crippen LogP contribution in [0.3, 0.4) is 0 Å². The summed E-state index contributed by atoms with van der Waals surface area (Å²) in [6, 6.07) is 2.66. The third-order valence-electron chi connectivity index (χ3n) is 1.40. The first kappa shape index (κ1) is 12.1. The second-order valence-electron chi connectivity index (χ2n) is 2.29. The van der Waals surface area contributed by atoms with Crippen molar-refractivity contribution in [3.05, 3.63) is 21.6 Å². The fourth-order valence-electron chi connectivity index (χ4n) is 0.860. The molecule has 0 aliphatic heterocycles. The molecule has 0 amide bonds. The van der Waals surface area contributed by atoms with E-state index in [4.69, 9.17) is 11.6 Å². The van der Waals surface area contributed by atoms with Gasteiger partial charge in [0.2, 0.25) is 6.08 Å². The van der Waals surface area contributed by atoms with Gasteiger partial charge in [0.25, 0.3) is 0 Å². The van der Waals surface area contributed by atoms with Gasteiger partial charge < -0.3 is 4.74 Å². The minimum atomic E-state index is -3.03. The molecule has 1 aromatic rings. The Kier molecular flexibility index (Phi) is 4.20. The van der Waals surface area contributed by atoms with Gasteiger partial charge in [0.15, 0.2) is 5.75 Å². The van der Waals surface area contributed by atoms with Gasteiger partial charge >= 0.3 is 6.61 Å². The van der Waals surface area contributed by atoms with Crippen LogP contribution in [-0.2, 0) is 4.79 Å². The van der Waals surface area contributed by atoms with Crippen molar-refractivity contribution in [2.75, 3.05) is 0 Å². The number of rotatable bonds is 3. The molecule has 0 aliphatic rings. The molecule has 0 spiro atoms. The maximum Gasteiger partial charge on any atom is 0.387 e. The largest absolute Gasteiger partial charge is 0.431 e. The Morgan fingerprint density at radius 1 is 1.53 bits per heavy atom. The quantitative estimate of drug-likeness (QED) is 0.631. The van der Waals surface area contributed by atoms with E-state index in [0.717, 1.165) is 0 Å². The Morgan fingerprint density at radius 3 is 2.73 bits per heavy atom. The van der Waals surface area contributed by atoms with E-state index in [1.807, 2.05) is 0 Å². The predicted molar refractivity (Wildman–Crippen MR) is 53.6 cm³/mol. The minimum Gasteiger partial charge on any atom is -0.431 e. The molecule has 7 heteroatoms. The summed E-state index contributed by atoms with van der Waals surface area (Å²) in [4.78, 5) is 13.2. The molecular weight excluding hydrogens is 295 g/mol. The SMILES string of the molecule is O=C=Nc1ccc(Cl)c(Br)c1OC(F)F. The van der Waals surface area contributed by atoms with Crippen molar-refractivity contribution in [3.63, 3.8) is 0 Å². The van der Waals surface area contributed by atoms with Crippen molar-refractivity contribution in [2.24, 2.45) is 4.99 Å². The summed E-state index contributed by atoms with van der Waals surface area (Å²) in [6.07, 6.45) is 1.23. The van der Waals surface area contributed by atoms with Crippen LogP contribution in [0.1, 0.15) is 0 Å². The van der Waals surface area contributed by atoms with Crippen LogP contribution in [0, 0.1) is 0 Å². The van der Waals surface area contributed by atoms with Gasteiger partial charge in [-0.1, -0.05) is 11.6 Å². The lowest BCUT2D eigenvalue weighted by Crippen LogP contribution is -2.02. The van der Waals surface area contributed by atoms with Crippen molar-refractivity contribution in [1.82, 2.24) is 0 Å². The smallest absolute Gasteiger partial charge is 0.387 e. The molecule has 0 saturated heterocycles. The molecule has 0 fully saturated rings. The summed E-state index contributed by atoms with van der Waals surface area (Å²) in [5, 5.41) is 0.176. The van der Waals surface area contributed by atoms with E-state index in [0.29, 0.717) is 0 Å². The first-order valence-electron chi connectivity index (χ1n) is 3.57. The number of carbonyl (C=O) groups excluding carboxylic acids is 1. The number of aliphatic imine (C=N–C) groups is 1. The summed E-state index contributed by atoms with van der Waals surface area (Å²) < 4.78 is 28.3. The van der Waals surface area contributed by atoms with Crippen LogP contribution >= 0.6 is 27.5 Å². The molecule has 0 radical (unpaired) electrons. The zero-order chi connectivity index (χ0) is 11.4. The highest BCUT2D eigenvalue weighted by molar-refractivity contribution is 9.10. The number of nitrogens with zero attached hydrogens (tertiary/aromatic N) is 1. The van der Waals surface area contributed by atoms with Crippen molar-refractivity contribution < 1.29 is 18.3 Å². The van der Waals surface area contributed by atoms with Gasteiger partial charge in [-0.05, 0) is 28.1 Å². The summed E-state index contributed by atoms with van der Waals surface area (Å²) in [7, 11) is 0. The van der Waals surface area contributed by atoms with Crippen molar-refractivity contribution >= 4 is 39.3 Å². The van der Waals surface area contributed by atoms with Crippen molar-refractivity contribution in [2.45, 2.75) is 6.61 Å². The number of hydrogen-bond acceptors (Lipinski definition) is 3. The third kappa shape index (κ3) is 2.99. The molecule has 3 nitrogen and oxygen atoms in total. The van der Waals surface area contributed by atoms with Gasteiger partial charge in [0, 0.05) is 0 Å². The topological polar surface area (TPSA) is 38.7 Å². The molecule has 1 aromatic carbocycles.